The van der Waals surface area contributed by atoms with Gasteiger partial charge in [0.2, 0.25) is 0 Å². The standard InChI is InChI=1S/C22H25N5O5/c1-30-18-8-7-17(11-19(18)31-2)21-20(13-28)32-10-9-27(21)22(29)16-5-3-15(4-6-16)12-26-14-23-24-25-26/h3-8,11,14,20-21,28H,9-10,12-13H2,1-2H3/t20-,21-/m1/s1. The lowest BCUT2D eigenvalue weighted by atomic mass is 9.96. The van der Waals surface area contributed by atoms with Gasteiger partial charge in [0.1, 0.15) is 12.4 Å². The quantitative estimate of drug-likeness (QED) is 0.587. The molecule has 32 heavy (non-hydrogen) atoms. The maximum absolute atomic E-state index is 13.4. The molecule has 1 N–H and O–H groups in total. The van der Waals surface area contributed by atoms with Gasteiger partial charge in [0.25, 0.3) is 5.91 Å². The Hall–Kier alpha value is -3.50. The molecule has 10 nitrogen and oxygen atoms in total. The molecular formula is C22H25N5O5. The predicted molar refractivity (Wildman–Crippen MR) is 114 cm³/mol. The Bertz CT molecular complexity index is 1040. The first-order chi connectivity index (χ1) is 15.6. The zero-order valence-corrected chi connectivity index (χ0v) is 17.9. The fraction of sp³-hybridized carbons (Fsp3) is 0.364. The van der Waals surface area contributed by atoms with Crippen molar-refractivity contribution in [3.63, 3.8) is 0 Å². The first-order valence-corrected chi connectivity index (χ1v) is 10.2. The number of benzene rings is 2. The predicted octanol–water partition coefficient (Wildman–Crippen LogP) is 1.31. The number of carbonyl (C=O) groups excluding carboxylic acids is 1. The highest BCUT2D eigenvalue weighted by molar-refractivity contribution is 5.94. The Balaban J connectivity index is 1.60. The SMILES string of the molecule is COc1ccc([C@@H]2[C@@H](CO)OCCN2C(=O)c2ccc(Cn3cnnn3)cc2)cc1OC. The van der Waals surface area contributed by atoms with Gasteiger partial charge in [-0.15, -0.1) is 5.10 Å². The Labute approximate surface area is 185 Å². The highest BCUT2D eigenvalue weighted by atomic mass is 16.5. The number of tetrazole rings is 1. The second kappa shape index (κ2) is 9.75. The van der Waals surface area contributed by atoms with E-state index in [9.17, 15) is 9.90 Å². The zero-order chi connectivity index (χ0) is 22.5. The number of amides is 1. The molecule has 0 saturated carbocycles. The minimum Gasteiger partial charge on any atom is -0.493 e. The van der Waals surface area contributed by atoms with Crippen LogP contribution in [-0.4, -0.2) is 76.2 Å². The lowest BCUT2D eigenvalue weighted by molar-refractivity contribution is -0.0811. The molecule has 2 atom stereocenters. The number of hydrogen-bond donors (Lipinski definition) is 1. The van der Waals surface area contributed by atoms with Gasteiger partial charge in [0, 0.05) is 12.1 Å². The lowest BCUT2D eigenvalue weighted by Crippen LogP contribution is -2.49. The van der Waals surface area contributed by atoms with E-state index < -0.39 is 12.1 Å². The number of ether oxygens (including phenoxy) is 3. The third-order valence-electron chi connectivity index (χ3n) is 5.48. The van der Waals surface area contributed by atoms with E-state index in [0.717, 1.165) is 11.1 Å². The van der Waals surface area contributed by atoms with Gasteiger partial charge in [0.15, 0.2) is 11.5 Å². The molecule has 4 rings (SSSR count). The normalized spacial score (nSPS) is 18.4. The average molecular weight is 439 g/mol. The fourth-order valence-electron chi connectivity index (χ4n) is 3.90. The maximum Gasteiger partial charge on any atom is 0.254 e. The number of methoxy groups -OCH3 is 2. The van der Waals surface area contributed by atoms with Crippen LogP contribution in [0.2, 0.25) is 0 Å². The molecule has 1 aliphatic heterocycles. The minimum absolute atomic E-state index is 0.138. The van der Waals surface area contributed by atoms with E-state index in [0.29, 0.717) is 36.8 Å². The molecule has 0 aliphatic carbocycles. The van der Waals surface area contributed by atoms with Crippen LogP contribution in [0, 0.1) is 0 Å². The van der Waals surface area contributed by atoms with Crippen LogP contribution in [0.15, 0.2) is 48.8 Å². The number of nitrogens with zero attached hydrogens (tertiary/aromatic N) is 5. The molecule has 1 aliphatic rings. The molecular weight excluding hydrogens is 414 g/mol. The first kappa shape index (κ1) is 21.7. The van der Waals surface area contributed by atoms with Crippen molar-refractivity contribution >= 4 is 5.91 Å². The van der Waals surface area contributed by atoms with Crippen LogP contribution in [0.3, 0.4) is 0 Å². The topological polar surface area (TPSA) is 112 Å². The smallest absolute Gasteiger partial charge is 0.254 e. The van der Waals surface area contributed by atoms with Gasteiger partial charge < -0.3 is 24.2 Å². The molecule has 1 amide bonds. The fourth-order valence-corrected chi connectivity index (χ4v) is 3.90. The van der Waals surface area contributed by atoms with Gasteiger partial charge in [0.05, 0.1) is 40.0 Å². The first-order valence-electron chi connectivity index (χ1n) is 10.2. The van der Waals surface area contributed by atoms with Crippen LogP contribution < -0.4 is 9.47 Å². The third kappa shape index (κ3) is 4.41. The number of aliphatic hydroxyl groups excluding tert-OH is 1. The highest BCUT2D eigenvalue weighted by Crippen LogP contribution is 2.36. The molecule has 168 valence electrons. The Morgan fingerprint density at radius 2 is 1.94 bits per heavy atom. The van der Waals surface area contributed by atoms with E-state index in [2.05, 4.69) is 15.5 Å². The van der Waals surface area contributed by atoms with Crippen molar-refractivity contribution in [3.05, 3.63) is 65.5 Å². The summed E-state index contributed by atoms with van der Waals surface area (Å²) in [4.78, 5) is 15.2. The van der Waals surface area contributed by atoms with Crippen molar-refractivity contribution in [2.24, 2.45) is 0 Å². The van der Waals surface area contributed by atoms with Gasteiger partial charge in [-0.05, 0) is 45.8 Å². The molecule has 2 heterocycles. The van der Waals surface area contributed by atoms with E-state index in [4.69, 9.17) is 14.2 Å². The van der Waals surface area contributed by atoms with Gasteiger partial charge in [-0.3, -0.25) is 4.79 Å². The van der Waals surface area contributed by atoms with Gasteiger partial charge in [-0.25, -0.2) is 4.68 Å². The molecule has 3 aromatic rings. The summed E-state index contributed by atoms with van der Waals surface area (Å²) < 4.78 is 18.1. The molecule has 1 fully saturated rings. The lowest BCUT2D eigenvalue weighted by Gasteiger charge is -2.41. The monoisotopic (exact) mass is 439 g/mol. The second-order valence-electron chi connectivity index (χ2n) is 7.35. The largest absolute Gasteiger partial charge is 0.493 e. The number of carbonyl (C=O) groups is 1. The van der Waals surface area contributed by atoms with Gasteiger partial charge >= 0.3 is 0 Å². The van der Waals surface area contributed by atoms with Crippen LogP contribution in [0.1, 0.15) is 27.5 Å². The van der Waals surface area contributed by atoms with Crippen molar-refractivity contribution in [1.29, 1.82) is 0 Å². The zero-order valence-electron chi connectivity index (χ0n) is 17.9. The molecule has 1 saturated heterocycles. The average Bonchev–Trinajstić information content (AvgIpc) is 3.36. The second-order valence-corrected chi connectivity index (χ2v) is 7.35. The van der Waals surface area contributed by atoms with E-state index >= 15 is 0 Å². The maximum atomic E-state index is 13.4. The summed E-state index contributed by atoms with van der Waals surface area (Å²) >= 11 is 0. The number of morpholine rings is 1. The highest BCUT2D eigenvalue weighted by Gasteiger charge is 2.37. The molecule has 0 unspecified atom stereocenters. The molecule has 0 radical (unpaired) electrons. The Morgan fingerprint density at radius 3 is 2.59 bits per heavy atom. The molecule has 2 aromatic carbocycles. The van der Waals surface area contributed by atoms with Crippen LogP contribution >= 0.6 is 0 Å². The number of rotatable bonds is 7. The summed E-state index contributed by atoms with van der Waals surface area (Å²) in [5, 5.41) is 21.0. The third-order valence-corrected chi connectivity index (χ3v) is 5.48. The van der Waals surface area contributed by atoms with Crippen molar-refractivity contribution in [2.45, 2.75) is 18.7 Å². The Morgan fingerprint density at radius 1 is 1.16 bits per heavy atom. The van der Waals surface area contributed by atoms with E-state index in [1.807, 2.05) is 24.3 Å². The van der Waals surface area contributed by atoms with Crippen LogP contribution in [0.25, 0.3) is 0 Å². The summed E-state index contributed by atoms with van der Waals surface area (Å²) in [5.74, 6) is 0.997. The van der Waals surface area contributed by atoms with Crippen LogP contribution in [-0.2, 0) is 11.3 Å². The van der Waals surface area contributed by atoms with Crippen LogP contribution in [0.4, 0.5) is 0 Å². The number of aliphatic hydroxyl groups is 1. The summed E-state index contributed by atoms with van der Waals surface area (Å²) in [6, 6.07) is 12.3. The number of hydrogen-bond acceptors (Lipinski definition) is 8. The minimum atomic E-state index is -0.551. The van der Waals surface area contributed by atoms with Crippen molar-refractivity contribution in [1.82, 2.24) is 25.1 Å². The Kier molecular flexibility index (Phi) is 6.62. The van der Waals surface area contributed by atoms with Crippen molar-refractivity contribution in [2.75, 3.05) is 34.0 Å². The number of aromatic nitrogens is 4. The van der Waals surface area contributed by atoms with Crippen molar-refractivity contribution < 1.29 is 24.1 Å². The van der Waals surface area contributed by atoms with Gasteiger partial charge in [-0.1, -0.05) is 18.2 Å². The molecule has 1 aromatic heterocycles. The molecule has 10 heteroatoms. The molecule has 0 spiro atoms. The van der Waals surface area contributed by atoms with E-state index in [1.54, 1.807) is 42.0 Å². The summed E-state index contributed by atoms with van der Waals surface area (Å²) in [6.07, 6.45) is 0.986. The van der Waals surface area contributed by atoms with E-state index in [-0.39, 0.29) is 12.5 Å². The van der Waals surface area contributed by atoms with E-state index in [1.165, 1.54) is 6.33 Å². The summed E-state index contributed by atoms with van der Waals surface area (Å²) in [5.41, 5.74) is 2.32. The van der Waals surface area contributed by atoms with Gasteiger partial charge in [-0.2, -0.15) is 0 Å². The summed E-state index contributed by atoms with van der Waals surface area (Å²) in [6.45, 7) is 1.05. The van der Waals surface area contributed by atoms with Crippen molar-refractivity contribution in [3.8, 4) is 11.5 Å². The van der Waals surface area contributed by atoms with Crippen LogP contribution in [0.5, 0.6) is 11.5 Å². The summed E-state index contributed by atoms with van der Waals surface area (Å²) in [7, 11) is 3.12. The molecule has 0 bridgehead atoms.